The van der Waals surface area contributed by atoms with Gasteiger partial charge in [-0.25, -0.2) is 0 Å². The molecule has 0 aromatic rings. The highest BCUT2D eigenvalue weighted by atomic mass is 32.2. The Labute approximate surface area is 97.0 Å². The molecule has 0 aliphatic carbocycles. The second kappa shape index (κ2) is 6.82. The van der Waals surface area contributed by atoms with E-state index in [1.165, 1.54) is 15.7 Å². The van der Waals surface area contributed by atoms with Gasteiger partial charge in [0, 0.05) is 33.1 Å². The molecule has 0 fully saturated rings. The Morgan fingerprint density at radius 3 is 2.12 bits per heavy atom. The lowest BCUT2D eigenvalue weighted by atomic mass is 10.3. The van der Waals surface area contributed by atoms with Gasteiger partial charge in [-0.05, 0) is 6.42 Å². The number of nitrogens with zero attached hydrogens (tertiary/aromatic N) is 2. The van der Waals surface area contributed by atoms with Gasteiger partial charge in [0.1, 0.15) is 0 Å². The van der Waals surface area contributed by atoms with E-state index in [0.29, 0.717) is 19.5 Å². The van der Waals surface area contributed by atoms with Gasteiger partial charge in [-0.15, -0.1) is 0 Å². The standard InChI is InChI=1S/C9H20N2O4S/c1-4-11(5-2)16(14,15)10(3)8-6-7-9(12)13/h4-8H2,1-3H3,(H,12,13). The summed E-state index contributed by atoms with van der Waals surface area (Å²) in [6, 6.07) is 0. The summed E-state index contributed by atoms with van der Waals surface area (Å²) in [5.41, 5.74) is 0. The summed E-state index contributed by atoms with van der Waals surface area (Å²) in [5, 5.41) is 8.45. The van der Waals surface area contributed by atoms with Crippen molar-refractivity contribution in [1.29, 1.82) is 0 Å². The molecule has 0 heterocycles. The maximum absolute atomic E-state index is 11.9. The maximum Gasteiger partial charge on any atom is 0.303 e. The number of hydrogen-bond donors (Lipinski definition) is 1. The maximum atomic E-state index is 11.9. The molecule has 0 saturated carbocycles. The summed E-state index contributed by atoms with van der Waals surface area (Å²) in [7, 11) is -1.96. The fourth-order valence-corrected chi connectivity index (χ4v) is 2.72. The highest BCUT2D eigenvalue weighted by molar-refractivity contribution is 7.86. The Morgan fingerprint density at radius 1 is 1.25 bits per heavy atom. The minimum Gasteiger partial charge on any atom is -0.481 e. The van der Waals surface area contributed by atoms with Crippen LogP contribution >= 0.6 is 0 Å². The van der Waals surface area contributed by atoms with E-state index in [1.54, 1.807) is 13.8 Å². The average Bonchev–Trinajstić information content (AvgIpc) is 2.18. The lowest BCUT2D eigenvalue weighted by molar-refractivity contribution is -0.137. The number of carboxylic acid groups (broad SMARTS) is 1. The van der Waals surface area contributed by atoms with Gasteiger partial charge < -0.3 is 5.11 Å². The Balaban J connectivity index is 4.35. The molecule has 0 aliphatic rings. The van der Waals surface area contributed by atoms with Gasteiger partial charge in [-0.3, -0.25) is 4.79 Å². The normalized spacial score (nSPS) is 12.3. The molecule has 0 saturated heterocycles. The molecule has 1 N–H and O–H groups in total. The van der Waals surface area contributed by atoms with Gasteiger partial charge in [0.25, 0.3) is 10.2 Å². The Morgan fingerprint density at radius 2 is 1.75 bits per heavy atom. The first-order valence-corrected chi connectivity index (χ1v) is 6.69. The molecular weight excluding hydrogens is 232 g/mol. The van der Waals surface area contributed by atoms with Crippen molar-refractivity contribution in [3.05, 3.63) is 0 Å². The van der Waals surface area contributed by atoms with E-state index < -0.39 is 16.2 Å². The van der Waals surface area contributed by atoms with Crippen molar-refractivity contribution in [3.63, 3.8) is 0 Å². The monoisotopic (exact) mass is 252 g/mol. The third-order valence-corrected chi connectivity index (χ3v) is 4.43. The minimum atomic E-state index is -3.43. The van der Waals surface area contributed by atoms with Crippen LogP contribution in [-0.2, 0) is 15.0 Å². The fourth-order valence-electron chi connectivity index (χ4n) is 1.32. The lowest BCUT2D eigenvalue weighted by Crippen LogP contribution is -2.42. The molecule has 0 amide bonds. The molecule has 0 unspecified atom stereocenters. The largest absolute Gasteiger partial charge is 0.481 e. The van der Waals surface area contributed by atoms with Crippen LogP contribution in [0.15, 0.2) is 0 Å². The van der Waals surface area contributed by atoms with E-state index in [0.717, 1.165) is 0 Å². The van der Waals surface area contributed by atoms with Gasteiger partial charge in [0.05, 0.1) is 0 Å². The molecule has 6 nitrogen and oxygen atoms in total. The van der Waals surface area contributed by atoms with E-state index in [-0.39, 0.29) is 13.0 Å². The number of rotatable bonds is 8. The van der Waals surface area contributed by atoms with Crippen LogP contribution in [0.5, 0.6) is 0 Å². The molecule has 0 spiro atoms. The van der Waals surface area contributed by atoms with Crippen molar-refractivity contribution in [1.82, 2.24) is 8.61 Å². The SMILES string of the molecule is CCN(CC)S(=O)(=O)N(C)CCCC(=O)O. The lowest BCUT2D eigenvalue weighted by Gasteiger charge is -2.25. The first-order valence-electron chi connectivity index (χ1n) is 5.29. The van der Waals surface area contributed by atoms with Gasteiger partial charge in [0.2, 0.25) is 0 Å². The van der Waals surface area contributed by atoms with Crippen molar-refractivity contribution in [2.45, 2.75) is 26.7 Å². The van der Waals surface area contributed by atoms with Crippen LogP contribution in [-0.4, -0.2) is 54.8 Å². The summed E-state index contributed by atoms with van der Waals surface area (Å²) in [5.74, 6) is -0.909. The van der Waals surface area contributed by atoms with E-state index in [1.807, 2.05) is 0 Å². The molecule has 0 atom stereocenters. The quantitative estimate of drug-likeness (QED) is 0.677. The zero-order chi connectivity index (χ0) is 12.8. The van der Waals surface area contributed by atoms with Gasteiger partial charge in [-0.1, -0.05) is 13.8 Å². The molecule has 16 heavy (non-hydrogen) atoms. The third kappa shape index (κ3) is 4.46. The molecule has 0 radical (unpaired) electrons. The first kappa shape index (κ1) is 15.3. The van der Waals surface area contributed by atoms with Crippen LogP contribution in [0.1, 0.15) is 26.7 Å². The van der Waals surface area contributed by atoms with E-state index in [4.69, 9.17) is 5.11 Å². The number of carbonyl (C=O) groups is 1. The van der Waals surface area contributed by atoms with Crippen LogP contribution < -0.4 is 0 Å². The third-order valence-electron chi connectivity index (χ3n) is 2.29. The van der Waals surface area contributed by atoms with Crippen LogP contribution in [0, 0.1) is 0 Å². The molecule has 96 valence electrons. The van der Waals surface area contributed by atoms with Gasteiger partial charge >= 0.3 is 5.97 Å². The van der Waals surface area contributed by atoms with Crippen molar-refractivity contribution >= 4 is 16.2 Å². The van der Waals surface area contributed by atoms with Crippen molar-refractivity contribution < 1.29 is 18.3 Å². The van der Waals surface area contributed by atoms with Crippen molar-refractivity contribution in [2.24, 2.45) is 0 Å². The number of aliphatic carboxylic acids is 1. The fraction of sp³-hybridized carbons (Fsp3) is 0.889. The Kier molecular flexibility index (Phi) is 6.54. The van der Waals surface area contributed by atoms with Gasteiger partial charge in [0.15, 0.2) is 0 Å². The van der Waals surface area contributed by atoms with Crippen molar-refractivity contribution in [3.8, 4) is 0 Å². The summed E-state index contributed by atoms with van der Waals surface area (Å²) in [6.07, 6.45) is 0.310. The smallest absolute Gasteiger partial charge is 0.303 e. The molecule has 0 bridgehead atoms. The highest BCUT2D eigenvalue weighted by Gasteiger charge is 2.23. The molecule has 0 aromatic carbocycles. The minimum absolute atomic E-state index is 0.0158. The zero-order valence-corrected chi connectivity index (χ0v) is 10.8. The van der Waals surface area contributed by atoms with Crippen LogP contribution in [0.2, 0.25) is 0 Å². The van der Waals surface area contributed by atoms with Crippen LogP contribution in [0.25, 0.3) is 0 Å². The zero-order valence-electron chi connectivity index (χ0n) is 10.0. The number of carboxylic acids is 1. The van der Waals surface area contributed by atoms with Crippen LogP contribution in [0.3, 0.4) is 0 Å². The summed E-state index contributed by atoms with van der Waals surface area (Å²) in [4.78, 5) is 10.3. The molecule has 0 aliphatic heterocycles. The Hall–Kier alpha value is -0.660. The van der Waals surface area contributed by atoms with Crippen molar-refractivity contribution in [2.75, 3.05) is 26.7 Å². The molecule has 7 heteroatoms. The van der Waals surface area contributed by atoms with E-state index in [2.05, 4.69) is 0 Å². The van der Waals surface area contributed by atoms with Gasteiger partial charge in [-0.2, -0.15) is 17.0 Å². The molecule has 0 aromatic heterocycles. The second-order valence-electron chi connectivity index (χ2n) is 3.41. The Bertz CT molecular complexity index is 311. The first-order chi connectivity index (χ1) is 7.36. The summed E-state index contributed by atoms with van der Waals surface area (Å²) < 4.78 is 26.3. The van der Waals surface area contributed by atoms with E-state index in [9.17, 15) is 13.2 Å². The molecule has 0 rings (SSSR count). The predicted molar refractivity (Wildman–Crippen MR) is 61.3 cm³/mol. The number of hydrogen-bond acceptors (Lipinski definition) is 3. The highest BCUT2D eigenvalue weighted by Crippen LogP contribution is 2.07. The van der Waals surface area contributed by atoms with E-state index >= 15 is 0 Å². The summed E-state index contributed by atoms with van der Waals surface area (Å²) >= 11 is 0. The predicted octanol–water partition coefficient (Wildman–Crippen LogP) is 0.370. The average molecular weight is 252 g/mol. The topological polar surface area (TPSA) is 77.9 Å². The molecular formula is C9H20N2O4S. The van der Waals surface area contributed by atoms with Crippen LogP contribution in [0.4, 0.5) is 0 Å². The second-order valence-corrected chi connectivity index (χ2v) is 5.45. The summed E-state index contributed by atoms with van der Waals surface area (Å²) in [6.45, 7) is 4.60.